The maximum absolute atomic E-state index is 12.4. The Kier molecular flexibility index (Phi) is 5.74. The van der Waals surface area contributed by atoms with E-state index >= 15 is 0 Å². The van der Waals surface area contributed by atoms with E-state index in [9.17, 15) is 4.79 Å². The number of hydrogen-bond donors (Lipinski definition) is 2. The average molecular weight is 454 g/mol. The zero-order chi connectivity index (χ0) is 20.4. The van der Waals surface area contributed by atoms with E-state index < -0.39 is 0 Å². The van der Waals surface area contributed by atoms with E-state index in [2.05, 4.69) is 45.0 Å². The molecule has 0 bridgehead atoms. The zero-order valence-corrected chi connectivity index (χ0v) is 18.2. The number of likely N-dealkylation sites (N-methyl/N-ethyl adjacent to an activating group) is 1. The fraction of sp³-hybridized carbons (Fsp3) is 0.261. The van der Waals surface area contributed by atoms with Gasteiger partial charge >= 0.3 is 0 Å². The number of nitrogens with zero attached hydrogens (tertiary/aromatic N) is 1. The lowest BCUT2D eigenvalue weighted by atomic mass is 10.1. The molecular formula is C23H24BrN3O2. The second-order valence-corrected chi connectivity index (χ2v) is 7.97. The van der Waals surface area contributed by atoms with Crippen LogP contribution in [-0.2, 0) is 4.79 Å². The normalized spacial score (nSPS) is 14.6. The largest absolute Gasteiger partial charge is 0.492 e. The van der Waals surface area contributed by atoms with Crippen molar-refractivity contribution in [1.82, 2.24) is 9.88 Å². The van der Waals surface area contributed by atoms with Crippen LogP contribution in [0.4, 0.5) is 5.69 Å². The molecule has 3 aromatic rings. The number of benzene rings is 2. The van der Waals surface area contributed by atoms with Crippen LogP contribution in [0.1, 0.15) is 25.1 Å². The fourth-order valence-electron chi connectivity index (χ4n) is 3.59. The number of carbonyl (C=O) groups excluding carboxylic acids is 1. The van der Waals surface area contributed by atoms with E-state index in [4.69, 9.17) is 4.74 Å². The van der Waals surface area contributed by atoms with Crippen molar-refractivity contribution in [3.63, 3.8) is 0 Å². The standard InChI is InChI=1S/C23H24BrN3O2/c1-3-27(4-2)9-10-29-18-6-8-21-15(12-18)11-17(25-21)14-20-19-13-16(24)5-7-22(19)26-23(20)28/h5-8,11-14,25H,3-4,9-10H2,1-2H3,(H,26,28)/b20-14+. The van der Waals surface area contributed by atoms with Gasteiger partial charge in [-0.05, 0) is 61.6 Å². The van der Waals surface area contributed by atoms with Crippen molar-refractivity contribution < 1.29 is 9.53 Å². The number of aromatic nitrogens is 1. The maximum atomic E-state index is 12.4. The van der Waals surface area contributed by atoms with Crippen LogP contribution in [0.15, 0.2) is 46.9 Å². The Labute approximate surface area is 178 Å². The zero-order valence-electron chi connectivity index (χ0n) is 16.6. The molecule has 0 saturated carbocycles. The van der Waals surface area contributed by atoms with Crippen LogP contribution in [0.5, 0.6) is 5.75 Å². The number of H-pyrrole nitrogens is 1. The van der Waals surface area contributed by atoms with Crippen LogP contribution in [-0.4, -0.2) is 42.0 Å². The molecule has 6 heteroatoms. The van der Waals surface area contributed by atoms with Gasteiger partial charge in [0.05, 0.1) is 5.57 Å². The summed E-state index contributed by atoms with van der Waals surface area (Å²) in [5.74, 6) is 0.771. The van der Waals surface area contributed by atoms with Crippen LogP contribution in [0, 0.1) is 0 Å². The summed E-state index contributed by atoms with van der Waals surface area (Å²) in [5, 5.41) is 3.97. The smallest absolute Gasteiger partial charge is 0.256 e. The topological polar surface area (TPSA) is 57.4 Å². The monoisotopic (exact) mass is 453 g/mol. The molecule has 0 aliphatic carbocycles. The lowest BCUT2D eigenvalue weighted by Gasteiger charge is -2.17. The van der Waals surface area contributed by atoms with Gasteiger partial charge in [-0.15, -0.1) is 0 Å². The number of hydrogen-bond acceptors (Lipinski definition) is 3. The Balaban J connectivity index is 1.55. The molecule has 29 heavy (non-hydrogen) atoms. The SMILES string of the molecule is CCN(CC)CCOc1ccc2[nH]c(/C=C3/C(=O)Nc4ccc(Br)cc43)cc2c1. The molecule has 1 aliphatic heterocycles. The van der Waals surface area contributed by atoms with Crippen molar-refractivity contribution >= 4 is 50.1 Å². The molecule has 0 radical (unpaired) electrons. The quantitative estimate of drug-likeness (QED) is 0.486. The highest BCUT2D eigenvalue weighted by atomic mass is 79.9. The number of carbonyl (C=O) groups is 1. The first-order valence-corrected chi connectivity index (χ1v) is 10.7. The minimum absolute atomic E-state index is 0.0859. The van der Waals surface area contributed by atoms with E-state index in [1.807, 2.05) is 48.5 Å². The van der Waals surface area contributed by atoms with Crippen molar-refractivity contribution in [3.8, 4) is 5.75 Å². The molecule has 0 saturated heterocycles. The number of nitrogens with one attached hydrogen (secondary N) is 2. The van der Waals surface area contributed by atoms with Crippen molar-refractivity contribution in [3.05, 3.63) is 58.2 Å². The van der Waals surface area contributed by atoms with E-state index in [0.717, 1.165) is 57.7 Å². The highest BCUT2D eigenvalue weighted by molar-refractivity contribution is 9.10. The van der Waals surface area contributed by atoms with Crippen molar-refractivity contribution in [2.24, 2.45) is 0 Å². The molecule has 0 atom stereocenters. The Morgan fingerprint density at radius 1 is 1.10 bits per heavy atom. The number of ether oxygens (including phenoxy) is 1. The molecule has 2 N–H and O–H groups in total. The van der Waals surface area contributed by atoms with Crippen molar-refractivity contribution in [2.45, 2.75) is 13.8 Å². The van der Waals surface area contributed by atoms with Gasteiger partial charge in [-0.25, -0.2) is 0 Å². The van der Waals surface area contributed by atoms with Crippen LogP contribution in [0.2, 0.25) is 0 Å². The first-order chi connectivity index (χ1) is 14.1. The van der Waals surface area contributed by atoms with Gasteiger partial charge < -0.3 is 19.9 Å². The number of anilines is 1. The molecule has 0 unspecified atom stereocenters. The van der Waals surface area contributed by atoms with Crippen LogP contribution in [0.3, 0.4) is 0 Å². The highest BCUT2D eigenvalue weighted by Crippen LogP contribution is 2.35. The molecule has 4 rings (SSSR count). The summed E-state index contributed by atoms with van der Waals surface area (Å²) in [6.07, 6.45) is 1.90. The summed E-state index contributed by atoms with van der Waals surface area (Å²) in [4.78, 5) is 18.1. The first-order valence-electron chi connectivity index (χ1n) is 9.88. The minimum Gasteiger partial charge on any atom is -0.492 e. The Morgan fingerprint density at radius 3 is 2.72 bits per heavy atom. The number of aromatic amines is 1. The van der Waals surface area contributed by atoms with Crippen LogP contribution < -0.4 is 10.1 Å². The van der Waals surface area contributed by atoms with E-state index in [1.54, 1.807) is 0 Å². The Bertz CT molecular complexity index is 1080. The van der Waals surface area contributed by atoms with Crippen molar-refractivity contribution in [2.75, 3.05) is 31.6 Å². The number of halogens is 1. The van der Waals surface area contributed by atoms with E-state index in [0.29, 0.717) is 12.2 Å². The van der Waals surface area contributed by atoms with Gasteiger partial charge in [-0.2, -0.15) is 0 Å². The molecule has 2 heterocycles. The van der Waals surface area contributed by atoms with Gasteiger partial charge in [-0.1, -0.05) is 29.8 Å². The third-order valence-electron chi connectivity index (χ3n) is 5.25. The molecule has 1 aliphatic rings. The Hall–Kier alpha value is -2.57. The average Bonchev–Trinajstić information content (AvgIpc) is 3.25. The van der Waals surface area contributed by atoms with E-state index in [1.165, 1.54) is 0 Å². The maximum Gasteiger partial charge on any atom is 0.256 e. The highest BCUT2D eigenvalue weighted by Gasteiger charge is 2.24. The number of amides is 1. The second kappa shape index (κ2) is 8.43. The van der Waals surface area contributed by atoms with Gasteiger partial charge in [0, 0.05) is 38.9 Å². The summed E-state index contributed by atoms with van der Waals surface area (Å²) < 4.78 is 6.87. The summed E-state index contributed by atoms with van der Waals surface area (Å²) >= 11 is 3.48. The lowest BCUT2D eigenvalue weighted by molar-refractivity contribution is -0.110. The molecule has 5 nitrogen and oxygen atoms in total. The predicted molar refractivity (Wildman–Crippen MR) is 122 cm³/mol. The molecule has 1 amide bonds. The third-order valence-corrected chi connectivity index (χ3v) is 5.74. The summed E-state index contributed by atoms with van der Waals surface area (Å²) in [6.45, 7) is 7.96. The Morgan fingerprint density at radius 2 is 1.93 bits per heavy atom. The van der Waals surface area contributed by atoms with Gasteiger partial charge in [0.15, 0.2) is 0 Å². The molecule has 2 aromatic carbocycles. The van der Waals surface area contributed by atoms with Gasteiger partial charge in [0.1, 0.15) is 12.4 Å². The van der Waals surface area contributed by atoms with Gasteiger partial charge in [0.2, 0.25) is 0 Å². The summed E-state index contributed by atoms with van der Waals surface area (Å²) in [5.41, 5.74) is 4.30. The molecule has 1 aromatic heterocycles. The van der Waals surface area contributed by atoms with Gasteiger partial charge in [-0.3, -0.25) is 4.79 Å². The number of fused-ring (bicyclic) bond motifs is 2. The van der Waals surface area contributed by atoms with Crippen molar-refractivity contribution in [1.29, 1.82) is 0 Å². The van der Waals surface area contributed by atoms with Crippen LogP contribution in [0.25, 0.3) is 22.6 Å². The summed E-state index contributed by atoms with van der Waals surface area (Å²) in [6, 6.07) is 13.9. The number of rotatable bonds is 7. The second-order valence-electron chi connectivity index (χ2n) is 7.05. The van der Waals surface area contributed by atoms with Gasteiger partial charge in [0.25, 0.3) is 5.91 Å². The first kappa shape index (κ1) is 19.7. The minimum atomic E-state index is -0.0859. The molecular weight excluding hydrogens is 430 g/mol. The third kappa shape index (κ3) is 4.23. The fourth-order valence-corrected chi connectivity index (χ4v) is 3.95. The molecule has 0 spiro atoms. The van der Waals surface area contributed by atoms with Crippen LogP contribution >= 0.6 is 15.9 Å². The van der Waals surface area contributed by atoms with E-state index in [-0.39, 0.29) is 5.91 Å². The predicted octanol–water partition coefficient (Wildman–Crippen LogP) is 5.14. The summed E-state index contributed by atoms with van der Waals surface area (Å²) in [7, 11) is 0. The lowest BCUT2D eigenvalue weighted by Crippen LogP contribution is -2.27. The molecule has 0 fully saturated rings. The molecule has 150 valence electrons.